The van der Waals surface area contributed by atoms with Gasteiger partial charge in [-0.25, -0.2) is 20.4 Å². The van der Waals surface area contributed by atoms with Gasteiger partial charge in [0.25, 0.3) is 0 Å². The van der Waals surface area contributed by atoms with E-state index in [2.05, 4.69) is 32.3 Å². The van der Waals surface area contributed by atoms with Gasteiger partial charge in [0.2, 0.25) is 0 Å². The number of hydrogen-bond donors (Lipinski definition) is 6. The van der Waals surface area contributed by atoms with Crippen LogP contribution in [0.1, 0.15) is 70.6 Å². The van der Waals surface area contributed by atoms with E-state index >= 15 is 0 Å². The van der Waals surface area contributed by atoms with Crippen molar-refractivity contribution in [1.29, 1.82) is 0 Å². The number of hydrazine groups is 2. The predicted octanol–water partition coefficient (Wildman–Crippen LogP) is 1.65. The van der Waals surface area contributed by atoms with Gasteiger partial charge in [0.1, 0.15) is 0 Å². The molecule has 144 valence electrons. The molecule has 25 heavy (non-hydrogen) atoms. The second kappa shape index (κ2) is 11.9. The molecule has 8 nitrogen and oxygen atoms in total. The summed E-state index contributed by atoms with van der Waals surface area (Å²) in [5, 5.41) is 5.96. The standard InChI is InChI=1S/C17H34N6O2/c24-16(20-14-8-3-1-4-9-14)22-18-12-7-13-19-23-17(25)21-15-10-5-2-6-11-15/h14-15,18-19H,1-13H2,(H2,20,22,24)(H2,21,23,25). The number of hydrogen-bond acceptors (Lipinski definition) is 4. The summed E-state index contributed by atoms with van der Waals surface area (Å²) in [7, 11) is 0. The molecule has 0 atom stereocenters. The first-order valence-electron chi connectivity index (χ1n) is 9.83. The van der Waals surface area contributed by atoms with E-state index < -0.39 is 0 Å². The molecule has 0 spiro atoms. The maximum Gasteiger partial charge on any atom is 0.329 e. The van der Waals surface area contributed by atoms with Crippen LogP contribution >= 0.6 is 0 Å². The molecule has 0 aliphatic heterocycles. The van der Waals surface area contributed by atoms with Crippen molar-refractivity contribution in [2.75, 3.05) is 13.1 Å². The topological polar surface area (TPSA) is 106 Å². The second-order valence-electron chi connectivity index (χ2n) is 7.07. The van der Waals surface area contributed by atoms with E-state index in [0.717, 1.165) is 32.1 Å². The van der Waals surface area contributed by atoms with Crippen molar-refractivity contribution in [3.05, 3.63) is 0 Å². The molecule has 8 heteroatoms. The molecule has 2 aliphatic carbocycles. The summed E-state index contributed by atoms with van der Waals surface area (Å²) >= 11 is 0. The highest BCUT2D eigenvalue weighted by atomic mass is 16.2. The smallest absolute Gasteiger partial charge is 0.329 e. The van der Waals surface area contributed by atoms with Crippen molar-refractivity contribution in [3.63, 3.8) is 0 Å². The Bertz CT molecular complexity index is 359. The molecule has 2 fully saturated rings. The molecule has 2 aliphatic rings. The molecular weight excluding hydrogens is 320 g/mol. The minimum atomic E-state index is -0.162. The summed E-state index contributed by atoms with van der Waals surface area (Å²) in [6, 6.07) is 0.294. The van der Waals surface area contributed by atoms with Crippen LogP contribution in [0.4, 0.5) is 9.59 Å². The highest BCUT2D eigenvalue weighted by Crippen LogP contribution is 2.17. The van der Waals surface area contributed by atoms with Gasteiger partial charge in [-0.1, -0.05) is 38.5 Å². The van der Waals surface area contributed by atoms with E-state index in [1.807, 2.05) is 0 Å². The van der Waals surface area contributed by atoms with Crippen LogP contribution in [0.3, 0.4) is 0 Å². The fraction of sp³-hybridized carbons (Fsp3) is 0.882. The summed E-state index contributed by atoms with van der Waals surface area (Å²) in [6.45, 7) is 1.27. The van der Waals surface area contributed by atoms with Crippen molar-refractivity contribution in [1.82, 2.24) is 32.3 Å². The molecule has 0 aromatic rings. The number of nitrogens with one attached hydrogen (secondary N) is 6. The fourth-order valence-electron chi connectivity index (χ4n) is 3.49. The molecule has 6 N–H and O–H groups in total. The Hall–Kier alpha value is -1.54. The molecular formula is C17H34N6O2. The number of amides is 4. The summed E-state index contributed by atoms with van der Waals surface area (Å²) < 4.78 is 0. The van der Waals surface area contributed by atoms with Crippen LogP contribution in [0, 0.1) is 0 Å². The summed E-state index contributed by atoms with van der Waals surface area (Å²) in [4.78, 5) is 23.4. The number of rotatable bonds is 8. The van der Waals surface area contributed by atoms with Gasteiger partial charge in [-0.15, -0.1) is 0 Å². The molecule has 4 amide bonds. The third kappa shape index (κ3) is 8.92. The lowest BCUT2D eigenvalue weighted by atomic mass is 9.96. The van der Waals surface area contributed by atoms with Crippen LogP contribution in [0.2, 0.25) is 0 Å². The Morgan fingerprint density at radius 3 is 1.44 bits per heavy atom. The zero-order valence-corrected chi connectivity index (χ0v) is 15.2. The van der Waals surface area contributed by atoms with Crippen LogP contribution in [0.15, 0.2) is 0 Å². The maximum atomic E-state index is 11.7. The van der Waals surface area contributed by atoms with Crippen molar-refractivity contribution in [2.45, 2.75) is 82.7 Å². The summed E-state index contributed by atoms with van der Waals surface area (Å²) in [5.41, 5.74) is 11.1. The van der Waals surface area contributed by atoms with Gasteiger partial charge in [0.15, 0.2) is 0 Å². The Labute approximate surface area is 150 Å². The predicted molar refractivity (Wildman–Crippen MR) is 97.7 cm³/mol. The summed E-state index contributed by atoms with van der Waals surface area (Å²) in [5.74, 6) is 0. The molecule has 0 aromatic heterocycles. The Kier molecular flexibility index (Phi) is 9.43. The lowest BCUT2D eigenvalue weighted by Crippen LogP contribution is -2.50. The van der Waals surface area contributed by atoms with Crippen LogP contribution < -0.4 is 32.3 Å². The van der Waals surface area contributed by atoms with E-state index in [4.69, 9.17) is 0 Å². The average molecular weight is 354 g/mol. The first-order chi connectivity index (χ1) is 12.2. The zero-order valence-electron chi connectivity index (χ0n) is 15.2. The van der Waals surface area contributed by atoms with Crippen LogP contribution in [-0.4, -0.2) is 37.2 Å². The first kappa shape index (κ1) is 19.8. The quantitative estimate of drug-likeness (QED) is 0.294. The lowest BCUT2D eigenvalue weighted by molar-refractivity contribution is 0.227. The molecule has 0 saturated heterocycles. The Balaban J connectivity index is 1.38. The number of urea groups is 2. The van der Waals surface area contributed by atoms with E-state index in [-0.39, 0.29) is 12.1 Å². The van der Waals surface area contributed by atoms with E-state index in [1.165, 1.54) is 38.5 Å². The van der Waals surface area contributed by atoms with Crippen molar-refractivity contribution < 1.29 is 9.59 Å². The average Bonchev–Trinajstić information content (AvgIpc) is 2.62. The van der Waals surface area contributed by atoms with E-state index in [0.29, 0.717) is 25.2 Å². The van der Waals surface area contributed by atoms with Crippen LogP contribution in [0.5, 0.6) is 0 Å². The second-order valence-corrected chi connectivity index (χ2v) is 7.07. The molecule has 0 radical (unpaired) electrons. The van der Waals surface area contributed by atoms with E-state index in [1.54, 1.807) is 0 Å². The third-order valence-corrected chi connectivity index (χ3v) is 4.89. The fourth-order valence-corrected chi connectivity index (χ4v) is 3.49. The van der Waals surface area contributed by atoms with Crippen molar-refractivity contribution in [3.8, 4) is 0 Å². The molecule has 0 heterocycles. The minimum Gasteiger partial charge on any atom is -0.334 e. The first-order valence-corrected chi connectivity index (χ1v) is 9.83. The van der Waals surface area contributed by atoms with E-state index in [9.17, 15) is 9.59 Å². The molecule has 0 aromatic carbocycles. The van der Waals surface area contributed by atoms with Gasteiger partial charge < -0.3 is 10.6 Å². The highest BCUT2D eigenvalue weighted by molar-refractivity contribution is 5.74. The largest absolute Gasteiger partial charge is 0.334 e. The summed E-state index contributed by atoms with van der Waals surface area (Å²) in [6.07, 6.45) is 12.4. The lowest BCUT2D eigenvalue weighted by Gasteiger charge is -2.23. The Morgan fingerprint density at radius 1 is 0.640 bits per heavy atom. The van der Waals surface area contributed by atoms with Crippen LogP contribution in [-0.2, 0) is 0 Å². The molecule has 0 unspecified atom stereocenters. The molecule has 2 saturated carbocycles. The zero-order chi connectivity index (χ0) is 17.7. The van der Waals surface area contributed by atoms with Gasteiger partial charge >= 0.3 is 12.1 Å². The highest BCUT2D eigenvalue weighted by Gasteiger charge is 2.16. The SMILES string of the molecule is O=C(NNCCCNNC(=O)NC1CCCCC1)NC1CCCCC1. The molecule has 2 rings (SSSR count). The monoisotopic (exact) mass is 354 g/mol. The van der Waals surface area contributed by atoms with Gasteiger partial charge in [-0.3, -0.25) is 10.9 Å². The van der Waals surface area contributed by atoms with Crippen LogP contribution in [0.25, 0.3) is 0 Å². The van der Waals surface area contributed by atoms with Crippen molar-refractivity contribution >= 4 is 12.1 Å². The normalized spacial score (nSPS) is 19.2. The maximum absolute atomic E-state index is 11.7. The third-order valence-electron chi connectivity index (χ3n) is 4.89. The molecule has 0 bridgehead atoms. The minimum absolute atomic E-state index is 0.162. The van der Waals surface area contributed by atoms with Gasteiger partial charge in [-0.05, 0) is 32.1 Å². The number of carbonyl (C=O) groups is 2. The van der Waals surface area contributed by atoms with Gasteiger partial charge in [0.05, 0.1) is 0 Å². The van der Waals surface area contributed by atoms with Gasteiger partial charge in [-0.2, -0.15) is 0 Å². The Morgan fingerprint density at radius 2 is 1.04 bits per heavy atom. The van der Waals surface area contributed by atoms with Crippen molar-refractivity contribution in [2.24, 2.45) is 0 Å². The number of carbonyl (C=O) groups excluding carboxylic acids is 2. The van der Waals surface area contributed by atoms with Gasteiger partial charge in [0, 0.05) is 25.2 Å².